The molecule has 0 aliphatic carbocycles. The fourth-order valence-corrected chi connectivity index (χ4v) is 2.89. The molecule has 0 heterocycles. The van der Waals surface area contributed by atoms with Crippen molar-refractivity contribution in [3.63, 3.8) is 0 Å². The van der Waals surface area contributed by atoms with Crippen molar-refractivity contribution in [1.82, 2.24) is 0 Å². The molecule has 0 bridgehead atoms. The Bertz CT molecular complexity index is 614. The van der Waals surface area contributed by atoms with Gasteiger partial charge in [-0.1, -0.05) is 62.9 Å². The standard InChI is InChI=1S/C14H11BrCl3N/c1-8-2-3-9(10(15)4-8)7-19-14-6-12(17)11(16)5-13(14)18/h2-6,19H,7H2,1H3. The van der Waals surface area contributed by atoms with Gasteiger partial charge in [-0.3, -0.25) is 0 Å². The molecule has 0 saturated heterocycles. The van der Waals surface area contributed by atoms with Gasteiger partial charge in [-0.15, -0.1) is 0 Å². The van der Waals surface area contributed by atoms with Crippen LogP contribution in [0.4, 0.5) is 5.69 Å². The first-order valence-electron chi connectivity index (χ1n) is 5.61. The molecule has 0 amide bonds. The van der Waals surface area contributed by atoms with Crippen LogP contribution >= 0.6 is 50.7 Å². The number of hydrogen-bond acceptors (Lipinski definition) is 1. The van der Waals surface area contributed by atoms with Gasteiger partial charge in [-0.05, 0) is 36.2 Å². The number of rotatable bonds is 3. The highest BCUT2D eigenvalue weighted by atomic mass is 79.9. The van der Waals surface area contributed by atoms with E-state index in [0.29, 0.717) is 21.6 Å². The first-order chi connectivity index (χ1) is 8.97. The van der Waals surface area contributed by atoms with E-state index in [1.165, 1.54) is 5.56 Å². The van der Waals surface area contributed by atoms with Gasteiger partial charge in [0, 0.05) is 11.0 Å². The fourth-order valence-electron chi connectivity index (χ4n) is 1.64. The maximum absolute atomic E-state index is 6.12. The molecular formula is C14H11BrCl3N. The lowest BCUT2D eigenvalue weighted by Crippen LogP contribution is -2.01. The van der Waals surface area contributed by atoms with E-state index in [9.17, 15) is 0 Å². The van der Waals surface area contributed by atoms with Crippen molar-refractivity contribution in [3.05, 3.63) is 61.0 Å². The maximum Gasteiger partial charge on any atom is 0.0653 e. The van der Waals surface area contributed by atoms with Gasteiger partial charge in [-0.2, -0.15) is 0 Å². The second-order valence-corrected chi connectivity index (χ2v) is 6.27. The molecule has 0 aliphatic heterocycles. The molecule has 1 nitrogen and oxygen atoms in total. The molecule has 0 aromatic heterocycles. The molecule has 0 unspecified atom stereocenters. The summed E-state index contributed by atoms with van der Waals surface area (Å²) in [6, 6.07) is 9.58. The largest absolute Gasteiger partial charge is 0.380 e. The Hall–Kier alpha value is -0.410. The highest BCUT2D eigenvalue weighted by Crippen LogP contribution is 2.32. The van der Waals surface area contributed by atoms with Crippen molar-refractivity contribution in [2.75, 3.05) is 5.32 Å². The third kappa shape index (κ3) is 3.79. The smallest absolute Gasteiger partial charge is 0.0653 e. The maximum atomic E-state index is 6.12. The molecule has 0 aliphatic rings. The number of benzene rings is 2. The minimum atomic E-state index is 0.453. The molecule has 0 radical (unpaired) electrons. The Kier molecular flexibility index (Phi) is 5.02. The average molecular weight is 380 g/mol. The Morgan fingerprint density at radius 2 is 1.68 bits per heavy atom. The lowest BCUT2D eigenvalue weighted by Gasteiger charge is -2.11. The van der Waals surface area contributed by atoms with E-state index < -0.39 is 0 Å². The summed E-state index contributed by atoms with van der Waals surface area (Å²) in [5.41, 5.74) is 3.12. The zero-order valence-electron chi connectivity index (χ0n) is 10.1. The van der Waals surface area contributed by atoms with Crippen molar-refractivity contribution in [1.29, 1.82) is 0 Å². The molecule has 0 saturated carbocycles. The summed E-state index contributed by atoms with van der Waals surface area (Å²) >= 11 is 21.5. The van der Waals surface area contributed by atoms with E-state index in [1.54, 1.807) is 12.1 Å². The van der Waals surface area contributed by atoms with Gasteiger partial charge in [0.05, 0.1) is 20.8 Å². The summed E-state index contributed by atoms with van der Waals surface area (Å²) in [6.07, 6.45) is 0. The van der Waals surface area contributed by atoms with E-state index in [4.69, 9.17) is 34.8 Å². The predicted octanol–water partition coefficient (Wildman–Crippen LogP) is 6.33. The van der Waals surface area contributed by atoms with Crippen molar-refractivity contribution in [2.45, 2.75) is 13.5 Å². The average Bonchev–Trinajstić information content (AvgIpc) is 2.34. The van der Waals surface area contributed by atoms with Crippen LogP contribution in [0, 0.1) is 6.92 Å². The van der Waals surface area contributed by atoms with Gasteiger partial charge in [0.15, 0.2) is 0 Å². The molecule has 5 heteroatoms. The number of halogens is 4. The normalized spacial score (nSPS) is 10.6. The van der Waals surface area contributed by atoms with E-state index in [-0.39, 0.29) is 0 Å². The summed E-state index contributed by atoms with van der Waals surface area (Å²) < 4.78 is 1.07. The lowest BCUT2D eigenvalue weighted by atomic mass is 10.1. The van der Waals surface area contributed by atoms with Crippen LogP contribution < -0.4 is 5.32 Å². The molecule has 0 fully saturated rings. The van der Waals surface area contributed by atoms with Crippen LogP contribution in [-0.2, 0) is 6.54 Å². The van der Waals surface area contributed by atoms with Crippen molar-refractivity contribution in [2.24, 2.45) is 0 Å². The number of aryl methyl sites for hydroxylation is 1. The quantitative estimate of drug-likeness (QED) is 0.615. The van der Waals surface area contributed by atoms with Crippen LogP contribution in [0.3, 0.4) is 0 Å². The highest BCUT2D eigenvalue weighted by molar-refractivity contribution is 9.10. The summed E-state index contributed by atoms with van der Waals surface area (Å²) in [6.45, 7) is 2.70. The molecule has 2 aromatic carbocycles. The first kappa shape index (κ1) is 15.0. The van der Waals surface area contributed by atoms with Crippen LogP contribution in [0.1, 0.15) is 11.1 Å². The highest BCUT2D eigenvalue weighted by Gasteiger charge is 2.06. The van der Waals surface area contributed by atoms with Gasteiger partial charge in [0.2, 0.25) is 0 Å². The van der Waals surface area contributed by atoms with Crippen LogP contribution in [0.25, 0.3) is 0 Å². The topological polar surface area (TPSA) is 12.0 Å². The SMILES string of the molecule is Cc1ccc(CNc2cc(Cl)c(Cl)cc2Cl)c(Br)c1. The van der Waals surface area contributed by atoms with Crippen LogP contribution in [0.2, 0.25) is 15.1 Å². The van der Waals surface area contributed by atoms with E-state index >= 15 is 0 Å². The molecule has 0 atom stereocenters. The Morgan fingerprint density at radius 1 is 1.00 bits per heavy atom. The van der Waals surface area contributed by atoms with Gasteiger partial charge >= 0.3 is 0 Å². The second-order valence-electron chi connectivity index (χ2n) is 4.19. The van der Waals surface area contributed by atoms with Crippen molar-refractivity contribution in [3.8, 4) is 0 Å². The van der Waals surface area contributed by atoms with E-state index in [2.05, 4.69) is 46.4 Å². The van der Waals surface area contributed by atoms with Gasteiger partial charge in [0.25, 0.3) is 0 Å². The third-order valence-corrected chi connectivity index (χ3v) is 4.46. The predicted molar refractivity (Wildman–Crippen MR) is 87.7 cm³/mol. The Morgan fingerprint density at radius 3 is 2.37 bits per heavy atom. The van der Waals surface area contributed by atoms with Crippen LogP contribution in [0.5, 0.6) is 0 Å². The lowest BCUT2D eigenvalue weighted by molar-refractivity contribution is 1.13. The fraction of sp³-hybridized carbons (Fsp3) is 0.143. The van der Waals surface area contributed by atoms with Crippen LogP contribution in [-0.4, -0.2) is 0 Å². The molecule has 1 N–H and O–H groups in total. The minimum absolute atomic E-state index is 0.453. The monoisotopic (exact) mass is 377 g/mol. The number of hydrogen-bond donors (Lipinski definition) is 1. The number of nitrogens with one attached hydrogen (secondary N) is 1. The molecule has 19 heavy (non-hydrogen) atoms. The summed E-state index contributed by atoms with van der Waals surface area (Å²) in [5.74, 6) is 0. The number of anilines is 1. The van der Waals surface area contributed by atoms with Crippen molar-refractivity contribution >= 4 is 56.4 Å². The molecule has 2 aromatic rings. The minimum Gasteiger partial charge on any atom is -0.380 e. The second kappa shape index (κ2) is 6.36. The van der Waals surface area contributed by atoms with E-state index in [1.807, 2.05) is 0 Å². The molecular weight excluding hydrogens is 368 g/mol. The third-order valence-electron chi connectivity index (χ3n) is 2.69. The van der Waals surface area contributed by atoms with Gasteiger partial charge < -0.3 is 5.32 Å². The zero-order valence-corrected chi connectivity index (χ0v) is 14.0. The summed E-state index contributed by atoms with van der Waals surface area (Å²) in [4.78, 5) is 0. The van der Waals surface area contributed by atoms with E-state index in [0.717, 1.165) is 15.7 Å². The summed E-state index contributed by atoms with van der Waals surface area (Å²) in [7, 11) is 0. The first-order valence-corrected chi connectivity index (χ1v) is 7.53. The summed E-state index contributed by atoms with van der Waals surface area (Å²) in [5, 5.41) is 4.74. The van der Waals surface area contributed by atoms with Crippen molar-refractivity contribution < 1.29 is 0 Å². The van der Waals surface area contributed by atoms with Gasteiger partial charge in [-0.25, -0.2) is 0 Å². The van der Waals surface area contributed by atoms with Gasteiger partial charge in [0.1, 0.15) is 0 Å². The molecule has 100 valence electrons. The Balaban J connectivity index is 2.16. The molecule has 0 spiro atoms. The Labute approximate surface area is 136 Å². The zero-order chi connectivity index (χ0) is 14.0. The van der Waals surface area contributed by atoms with Crippen LogP contribution in [0.15, 0.2) is 34.8 Å². The molecule has 2 rings (SSSR count).